The Kier molecular flexibility index (Phi) is 4.70. The molecule has 6 nitrogen and oxygen atoms in total. The highest BCUT2D eigenvalue weighted by molar-refractivity contribution is 5.88. The molecule has 0 bridgehead atoms. The summed E-state index contributed by atoms with van der Waals surface area (Å²) in [6.07, 6.45) is -0.782. The number of carboxylic acids is 1. The Hall–Kier alpha value is -4.06. The number of H-pyrrole nitrogens is 1. The van der Waals surface area contributed by atoms with E-state index in [2.05, 4.69) is 22.4 Å². The van der Waals surface area contributed by atoms with Gasteiger partial charge in [-0.2, -0.15) is 0 Å². The van der Waals surface area contributed by atoms with Gasteiger partial charge < -0.3 is 20.1 Å². The molecule has 6 heteroatoms. The van der Waals surface area contributed by atoms with Crippen LogP contribution in [0.3, 0.4) is 0 Å². The summed E-state index contributed by atoms with van der Waals surface area (Å²) in [6.45, 7) is 1.56. The number of aromatic amines is 1. The molecule has 1 aliphatic rings. The molecule has 0 aliphatic heterocycles. The van der Waals surface area contributed by atoms with E-state index in [1.165, 1.54) is 6.92 Å². The van der Waals surface area contributed by atoms with Gasteiger partial charge in [0.05, 0.1) is 5.69 Å². The number of ether oxygens (including phenoxy) is 1. The van der Waals surface area contributed by atoms with Gasteiger partial charge in [-0.15, -0.1) is 0 Å². The van der Waals surface area contributed by atoms with E-state index in [0.717, 1.165) is 33.2 Å². The summed E-state index contributed by atoms with van der Waals surface area (Å²) >= 11 is 0. The van der Waals surface area contributed by atoms with Gasteiger partial charge in [-0.3, -0.25) is 0 Å². The molecule has 3 N–H and O–H groups in total. The quantitative estimate of drug-likeness (QED) is 0.419. The van der Waals surface area contributed by atoms with Gasteiger partial charge >= 0.3 is 12.1 Å². The van der Waals surface area contributed by atoms with Gasteiger partial charge in [-0.25, -0.2) is 9.59 Å². The second-order valence-corrected chi connectivity index (χ2v) is 8.15. The summed E-state index contributed by atoms with van der Waals surface area (Å²) in [7, 11) is 0. The van der Waals surface area contributed by atoms with Crippen LogP contribution in [-0.4, -0.2) is 28.8 Å². The van der Waals surface area contributed by atoms with Crippen LogP contribution in [0.25, 0.3) is 22.0 Å². The number of fused-ring (bicyclic) bond motifs is 4. The molecule has 1 aliphatic carbocycles. The molecular weight excluding hydrogens is 404 g/mol. The minimum atomic E-state index is -1.67. The van der Waals surface area contributed by atoms with E-state index in [-0.39, 0.29) is 12.5 Å². The van der Waals surface area contributed by atoms with Crippen molar-refractivity contribution in [2.75, 3.05) is 6.61 Å². The maximum Gasteiger partial charge on any atom is 0.408 e. The number of aliphatic carboxylic acids is 1. The number of rotatable bonds is 5. The summed E-state index contributed by atoms with van der Waals surface area (Å²) in [6, 6.07) is 25.3. The highest BCUT2D eigenvalue weighted by atomic mass is 16.5. The van der Waals surface area contributed by atoms with Gasteiger partial charge in [0.15, 0.2) is 5.54 Å². The molecule has 160 valence electrons. The lowest BCUT2D eigenvalue weighted by atomic mass is 9.98. The molecule has 0 saturated carbocycles. The molecular formula is C26H22N2O4. The van der Waals surface area contributed by atoms with Crippen molar-refractivity contribution in [2.24, 2.45) is 0 Å². The molecule has 1 aromatic heterocycles. The van der Waals surface area contributed by atoms with Crippen LogP contribution in [0.1, 0.15) is 29.7 Å². The lowest BCUT2D eigenvalue weighted by Crippen LogP contribution is -2.50. The van der Waals surface area contributed by atoms with Crippen LogP contribution in [0.5, 0.6) is 0 Å². The zero-order valence-electron chi connectivity index (χ0n) is 17.5. The maximum atomic E-state index is 12.7. The van der Waals surface area contributed by atoms with E-state index in [0.29, 0.717) is 5.69 Å². The van der Waals surface area contributed by atoms with E-state index in [9.17, 15) is 14.7 Å². The van der Waals surface area contributed by atoms with Crippen molar-refractivity contribution in [3.05, 3.63) is 95.7 Å². The van der Waals surface area contributed by atoms with Crippen molar-refractivity contribution in [2.45, 2.75) is 18.4 Å². The predicted octanol–water partition coefficient (Wildman–Crippen LogP) is 5.01. The number of hydrogen-bond acceptors (Lipinski definition) is 3. The van der Waals surface area contributed by atoms with Gasteiger partial charge in [0.25, 0.3) is 0 Å². The predicted molar refractivity (Wildman–Crippen MR) is 121 cm³/mol. The molecule has 0 saturated heterocycles. The van der Waals surface area contributed by atoms with Crippen molar-refractivity contribution >= 4 is 23.0 Å². The number of hydrogen-bond donors (Lipinski definition) is 3. The normalized spacial score (nSPS) is 14.4. The van der Waals surface area contributed by atoms with Gasteiger partial charge in [0, 0.05) is 11.4 Å². The monoisotopic (exact) mass is 426 g/mol. The molecule has 3 aromatic carbocycles. The molecule has 1 amide bonds. The Balaban J connectivity index is 1.36. The van der Waals surface area contributed by atoms with Gasteiger partial charge in [0.1, 0.15) is 6.61 Å². The first-order valence-corrected chi connectivity index (χ1v) is 10.4. The zero-order chi connectivity index (χ0) is 22.3. The molecule has 4 aromatic rings. The third kappa shape index (κ3) is 3.21. The third-order valence-corrected chi connectivity index (χ3v) is 6.19. The Morgan fingerprint density at radius 1 is 0.969 bits per heavy atom. The third-order valence-electron chi connectivity index (χ3n) is 6.19. The standard InChI is InChI=1S/C26H22N2O4/c1-26(24(29)30,23-14-16-8-2-7-13-22(16)27-23)28-25(31)32-15-21-19-11-5-3-9-17(19)18-10-4-6-12-20(18)21/h2-14,21,27H,15H2,1H3,(H,28,31)(H,29,30). The minimum absolute atomic E-state index is 0.0997. The summed E-state index contributed by atoms with van der Waals surface area (Å²) < 4.78 is 5.55. The van der Waals surface area contributed by atoms with E-state index in [1.54, 1.807) is 6.07 Å². The number of carbonyl (C=O) groups excluding carboxylic acids is 1. The van der Waals surface area contributed by atoms with Gasteiger partial charge in [0.2, 0.25) is 0 Å². The van der Waals surface area contributed by atoms with Gasteiger partial charge in [-0.1, -0.05) is 66.7 Å². The number of nitrogens with one attached hydrogen (secondary N) is 2. The lowest BCUT2D eigenvalue weighted by molar-refractivity contribution is -0.144. The fourth-order valence-electron chi connectivity index (χ4n) is 4.42. The van der Waals surface area contributed by atoms with E-state index in [1.807, 2.05) is 60.7 Å². The number of para-hydroxylation sites is 1. The van der Waals surface area contributed by atoms with Crippen molar-refractivity contribution in [1.82, 2.24) is 10.3 Å². The smallest absolute Gasteiger partial charge is 0.408 e. The van der Waals surface area contributed by atoms with Gasteiger partial charge in [-0.05, 0) is 46.7 Å². The first-order chi connectivity index (χ1) is 15.5. The van der Waals surface area contributed by atoms with Crippen molar-refractivity contribution in [3.63, 3.8) is 0 Å². The average molecular weight is 426 g/mol. The highest BCUT2D eigenvalue weighted by Gasteiger charge is 2.39. The Morgan fingerprint density at radius 2 is 1.56 bits per heavy atom. The van der Waals surface area contributed by atoms with E-state index in [4.69, 9.17) is 4.74 Å². The van der Waals surface area contributed by atoms with Crippen LogP contribution in [-0.2, 0) is 15.1 Å². The number of amides is 1. The molecule has 0 spiro atoms. The van der Waals surface area contributed by atoms with Crippen LogP contribution in [0.2, 0.25) is 0 Å². The second-order valence-electron chi connectivity index (χ2n) is 8.15. The lowest BCUT2D eigenvalue weighted by Gasteiger charge is -2.25. The fourth-order valence-corrected chi connectivity index (χ4v) is 4.42. The van der Waals surface area contributed by atoms with Crippen LogP contribution in [0, 0.1) is 0 Å². The molecule has 1 atom stereocenters. The molecule has 0 radical (unpaired) electrons. The highest BCUT2D eigenvalue weighted by Crippen LogP contribution is 2.44. The molecule has 1 unspecified atom stereocenters. The molecule has 0 fully saturated rings. The number of aromatic nitrogens is 1. The van der Waals surface area contributed by atoms with Crippen LogP contribution >= 0.6 is 0 Å². The van der Waals surface area contributed by atoms with Crippen LogP contribution < -0.4 is 5.32 Å². The average Bonchev–Trinajstić information content (AvgIpc) is 3.37. The topological polar surface area (TPSA) is 91.4 Å². The van der Waals surface area contributed by atoms with E-state index < -0.39 is 17.6 Å². The van der Waals surface area contributed by atoms with Crippen molar-refractivity contribution < 1.29 is 19.4 Å². The minimum Gasteiger partial charge on any atom is -0.479 e. The summed E-state index contributed by atoms with van der Waals surface area (Å²) in [5.41, 5.74) is 3.96. The maximum absolute atomic E-state index is 12.7. The van der Waals surface area contributed by atoms with Crippen molar-refractivity contribution in [3.8, 4) is 11.1 Å². The van der Waals surface area contributed by atoms with E-state index >= 15 is 0 Å². The SMILES string of the molecule is CC(NC(=O)OCC1c2ccccc2-c2ccccc21)(C(=O)O)c1cc2ccccc2[nH]1. The number of alkyl carbamates (subject to hydrolysis) is 1. The first-order valence-electron chi connectivity index (χ1n) is 10.4. The van der Waals surface area contributed by atoms with Crippen LogP contribution in [0.4, 0.5) is 4.79 Å². The van der Waals surface area contributed by atoms with Crippen molar-refractivity contribution in [1.29, 1.82) is 0 Å². The largest absolute Gasteiger partial charge is 0.479 e. The Labute approximate surface area is 184 Å². The number of carbonyl (C=O) groups is 2. The number of benzene rings is 3. The molecule has 32 heavy (non-hydrogen) atoms. The first kappa shape index (κ1) is 19.9. The summed E-state index contributed by atoms with van der Waals surface area (Å²) in [5, 5.41) is 13.3. The molecule has 5 rings (SSSR count). The summed E-state index contributed by atoms with van der Waals surface area (Å²) in [5.74, 6) is -1.28. The Morgan fingerprint density at radius 3 is 2.19 bits per heavy atom. The van der Waals surface area contributed by atoms with Crippen LogP contribution in [0.15, 0.2) is 78.9 Å². The molecule has 1 heterocycles. The summed E-state index contributed by atoms with van der Waals surface area (Å²) in [4.78, 5) is 27.9. The zero-order valence-corrected chi connectivity index (χ0v) is 17.5. The second kappa shape index (κ2) is 7.57. The Bertz CT molecular complexity index is 1260. The number of carboxylic acid groups (broad SMARTS) is 1. The fraction of sp³-hybridized carbons (Fsp3) is 0.154.